The van der Waals surface area contributed by atoms with Gasteiger partial charge in [-0.15, -0.1) is 0 Å². The Bertz CT molecular complexity index is 1270. The summed E-state index contributed by atoms with van der Waals surface area (Å²) in [5.41, 5.74) is 3.39. The second kappa shape index (κ2) is 9.79. The third-order valence-electron chi connectivity index (χ3n) is 5.37. The number of carbonyl (C=O) groups is 2. The highest BCUT2D eigenvalue weighted by Crippen LogP contribution is 2.23. The molecule has 0 unspecified atom stereocenters. The predicted octanol–water partition coefficient (Wildman–Crippen LogP) is 5.95. The molecule has 4 nitrogen and oxygen atoms in total. The van der Waals surface area contributed by atoms with Gasteiger partial charge in [-0.1, -0.05) is 94.8 Å². The fraction of sp³-hybridized carbons (Fsp3) is 0.111. The van der Waals surface area contributed by atoms with E-state index < -0.39 is 6.04 Å². The van der Waals surface area contributed by atoms with E-state index in [2.05, 4.69) is 26.6 Å². The Morgan fingerprint density at radius 3 is 2.38 bits per heavy atom. The topological polar surface area (TPSA) is 58.2 Å². The van der Waals surface area contributed by atoms with Crippen molar-refractivity contribution in [2.45, 2.75) is 19.4 Å². The van der Waals surface area contributed by atoms with Gasteiger partial charge >= 0.3 is 0 Å². The molecule has 0 saturated carbocycles. The van der Waals surface area contributed by atoms with Crippen molar-refractivity contribution in [2.24, 2.45) is 0 Å². The summed E-state index contributed by atoms with van der Waals surface area (Å²) in [5, 5.41) is 7.97. The lowest BCUT2D eigenvalue weighted by Crippen LogP contribution is -2.37. The largest absolute Gasteiger partial charge is 0.340 e. The molecule has 2 amide bonds. The second-order valence-corrected chi connectivity index (χ2v) is 8.53. The quantitative estimate of drug-likeness (QED) is 0.353. The lowest BCUT2D eigenvalue weighted by Gasteiger charge is -2.19. The van der Waals surface area contributed by atoms with Gasteiger partial charge in [0.1, 0.15) is 6.04 Å². The minimum Gasteiger partial charge on any atom is -0.340 e. The van der Waals surface area contributed by atoms with Gasteiger partial charge in [0, 0.05) is 10.2 Å². The Morgan fingerprint density at radius 1 is 0.875 bits per heavy atom. The van der Waals surface area contributed by atoms with Gasteiger partial charge in [-0.25, -0.2) is 0 Å². The SMILES string of the molecule is Cc1ccc(NC(=O)[C@H](NC(=O)Cc2cccc3ccccc23)c2ccccc2)cc1Br. The average molecular weight is 487 g/mol. The first-order chi connectivity index (χ1) is 15.5. The fourth-order valence-corrected chi connectivity index (χ4v) is 4.04. The molecule has 0 heterocycles. The van der Waals surface area contributed by atoms with Crippen molar-refractivity contribution in [3.63, 3.8) is 0 Å². The van der Waals surface area contributed by atoms with Crippen molar-refractivity contribution in [1.82, 2.24) is 5.32 Å². The zero-order chi connectivity index (χ0) is 22.5. The summed E-state index contributed by atoms with van der Waals surface area (Å²) in [7, 11) is 0. The van der Waals surface area contributed by atoms with E-state index in [9.17, 15) is 9.59 Å². The van der Waals surface area contributed by atoms with Gasteiger partial charge in [-0.05, 0) is 46.5 Å². The van der Waals surface area contributed by atoms with Gasteiger partial charge < -0.3 is 10.6 Å². The van der Waals surface area contributed by atoms with E-state index in [-0.39, 0.29) is 18.2 Å². The summed E-state index contributed by atoms with van der Waals surface area (Å²) in [5.74, 6) is -0.506. The number of nitrogens with one attached hydrogen (secondary N) is 2. The number of hydrogen-bond donors (Lipinski definition) is 2. The maximum Gasteiger partial charge on any atom is 0.251 e. The summed E-state index contributed by atoms with van der Waals surface area (Å²) in [6, 6.07) is 28.0. The maximum absolute atomic E-state index is 13.2. The van der Waals surface area contributed by atoms with Gasteiger partial charge in [-0.3, -0.25) is 9.59 Å². The number of aryl methyl sites for hydroxylation is 1. The molecule has 0 aromatic heterocycles. The van der Waals surface area contributed by atoms with Crippen molar-refractivity contribution < 1.29 is 9.59 Å². The summed E-state index contributed by atoms with van der Waals surface area (Å²) in [4.78, 5) is 26.2. The third-order valence-corrected chi connectivity index (χ3v) is 6.23. The molecule has 160 valence electrons. The van der Waals surface area contributed by atoms with Crippen molar-refractivity contribution in [1.29, 1.82) is 0 Å². The first-order valence-electron chi connectivity index (χ1n) is 10.4. The number of carbonyl (C=O) groups excluding carboxylic acids is 2. The van der Waals surface area contributed by atoms with Gasteiger partial charge in [0.25, 0.3) is 5.91 Å². The molecule has 0 fully saturated rings. The highest BCUT2D eigenvalue weighted by Gasteiger charge is 2.23. The van der Waals surface area contributed by atoms with Crippen molar-refractivity contribution in [3.8, 4) is 0 Å². The van der Waals surface area contributed by atoms with Gasteiger partial charge in [0.15, 0.2) is 0 Å². The highest BCUT2D eigenvalue weighted by molar-refractivity contribution is 9.10. The van der Waals surface area contributed by atoms with Crippen molar-refractivity contribution in [3.05, 3.63) is 112 Å². The molecule has 0 bridgehead atoms. The number of halogens is 1. The molecule has 1 atom stereocenters. The van der Waals surface area contributed by atoms with Crippen LogP contribution in [0.15, 0.2) is 95.5 Å². The van der Waals surface area contributed by atoms with Crippen LogP contribution in [0.4, 0.5) is 5.69 Å². The van der Waals surface area contributed by atoms with Crippen LogP contribution in [0.2, 0.25) is 0 Å². The van der Waals surface area contributed by atoms with Crippen LogP contribution in [0.5, 0.6) is 0 Å². The normalized spacial score (nSPS) is 11.7. The molecule has 4 rings (SSSR count). The van der Waals surface area contributed by atoms with Gasteiger partial charge in [0.2, 0.25) is 5.91 Å². The number of benzene rings is 4. The zero-order valence-corrected chi connectivity index (χ0v) is 19.2. The third kappa shape index (κ3) is 5.06. The molecule has 0 aliphatic rings. The number of anilines is 1. The van der Waals surface area contributed by atoms with Crippen molar-refractivity contribution >= 4 is 44.2 Å². The molecule has 2 N–H and O–H groups in total. The molecule has 4 aromatic rings. The molecular formula is C27H23BrN2O2. The smallest absolute Gasteiger partial charge is 0.251 e. The standard InChI is InChI=1S/C27H23BrN2O2/c1-18-14-15-22(17-24(18)28)29-27(32)26(20-9-3-2-4-10-20)30-25(31)16-21-12-7-11-19-8-5-6-13-23(19)21/h2-15,17,26H,16H2,1H3,(H,29,32)(H,30,31)/t26-/m1/s1. The van der Waals surface area contributed by atoms with Crippen LogP contribution in [0.1, 0.15) is 22.7 Å². The summed E-state index contributed by atoms with van der Waals surface area (Å²) < 4.78 is 0.909. The van der Waals surface area contributed by atoms with E-state index >= 15 is 0 Å². The number of amides is 2. The first-order valence-corrected chi connectivity index (χ1v) is 11.2. The molecule has 0 aliphatic carbocycles. The van der Waals surface area contributed by atoms with Crippen LogP contribution in [-0.2, 0) is 16.0 Å². The lowest BCUT2D eigenvalue weighted by molar-refractivity contribution is -0.126. The van der Waals surface area contributed by atoms with E-state index in [1.165, 1.54) is 0 Å². The van der Waals surface area contributed by atoms with Crippen LogP contribution in [0.3, 0.4) is 0 Å². The summed E-state index contributed by atoms with van der Waals surface area (Å²) in [6.45, 7) is 1.98. The van der Waals surface area contributed by atoms with Crippen LogP contribution in [0.25, 0.3) is 10.8 Å². The highest BCUT2D eigenvalue weighted by atomic mass is 79.9. The Kier molecular flexibility index (Phi) is 6.66. The monoisotopic (exact) mass is 486 g/mol. The fourth-order valence-electron chi connectivity index (χ4n) is 3.66. The summed E-state index contributed by atoms with van der Waals surface area (Å²) in [6.07, 6.45) is 0.189. The molecule has 0 saturated heterocycles. The molecule has 5 heteroatoms. The number of rotatable bonds is 6. The maximum atomic E-state index is 13.2. The average Bonchev–Trinajstić information content (AvgIpc) is 2.81. The molecular weight excluding hydrogens is 464 g/mol. The van der Waals surface area contributed by atoms with E-state index in [1.807, 2.05) is 97.9 Å². The van der Waals surface area contributed by atoms with E-state index in [1.54, 1.807) is 0 Å². The Labute approximate surface area is 195 Å². The van der Waals surface area contributed by atoms with Crippen molar-refractivity contribution in [2.75, 3.05) is 5.32 Å². The van der Waals surface area contributed by atoms with Crippen LogP contribution >= 0.6 is 15.9 Å². The Morgan fingerprint density at radius 2 is 1.59 bits per heavy atom. The van der Waals surface area contributed by atoms with E-state index in [0.29, 0.717) is 5.69 Å². The second-order valence-electron chi connectivity index (χ2n) is 7.68. The minimum absolute atomic E-state index is 0.189. The summed E-state index contributed by atoms with van der Waals surface area (Å²) >= 11 is 3.49. The van der Waals surface area contributed by atoms with Gasteiger partial charge in [-0.2, -0.15) is 0 Å². The van der Waals surface area contributed by atoms with Crippen LogP contribution < -0.4 is 10.6 Å². The van der Waals surface area contributed by atoms with E-state index in [4.69, 9.17) is 0 Å². The molecule has 0 aliphatic heterocycles. The lowest BCUT2D eigenvalue weighted by atomic mass is 10.0. The number of hydrogen-bond acceptors (Lipinski definition) is 2. The Hall–Kier alpha value is -3.44. The van der Waals surface area contributed by atoms with Crippen LogP contribution in [0, 0.1) is 6.92 Å². The molecule has 4 aromatic carbocycles. The molecule has 0 radical (unpaired) electrons. The Balaban J connectivity index is 1.56. The van der Waals surface area contributed by atoms with E-state index in [0.717, 1.165) is 31.9 Å². The zero-order valence-electron chi connectivity index (χ0n) is 17.6. The predicted molar refractivity (Wildman–Crippen MR) is 132 cm³/mol. The molecule has 0 spiro atoms. The first kappa shape index (κ1) is 21.8. The molecule has 32 heavy (non-hydrogen) atoms. The van der Waals surface area contributed by atoms with Gasteiger partial charge in [0.05, 0.1) is 6.42 Å². The number of fused-ring (bicyclic) bond motifs is 1. The minimum atomic E-state index is -0.807. The van der Waals surface area contributed by atoms with Crippen LogP contribution in [-0.4, -0.2) is 11.8 Å².